The molecule has 1 aromatic carbocycles. The Kier molecular flexibility index (Phi) is 4.03. The Balaban J connectivity index is 3.38. The average Bonchev–Trinajstić information content (AvgIpc) is 2.28. The lowest BCUT2D eigenvalue weighted by atomic mass is 10.1. The van der Waals surface area contributed by atoms with Crippen LogP contribution in [-0.4, -0.2) is 36.4 Å². The number of carbonyl (C=O) groups excluding carboxylic acids is 1. The van der Waals surface area contributed by atoms with Gasteiger partial charge in [0, 0.05) is 20.2 Å². The van der Waals surface area contributed by atoms with E-state index in [0.29, 0.717) is 6.61 Å². The topological polar surface area (TPSA) is 72.7 Å². The van der Waals surface area contributed by atoms with Gasteiger partial charge in [0.1, 0.15) is 5.75 Å². The fourth-order valence-corrected chi connectivity index (χ4v) is 1.39. The number of hydrogen-bond acceptors (Lipinski definition) is 4. The maximum absolute atomic E-state index is 11.9. The Morgan fingerprint density at radius 2 is 2.12 bits per heavy atom. The van der Waals surface area contributed by atoms with Crippen LogP contribution in [0, 0.1) is 10.1 Å². The molecule has 0 N–H and O–H groups in total. The molecule has 0 unspecified atom stereocenters. The van der Waals surface area contributed by atoms with Crippen LogP contribution in [0.25, 0.3) is 0 Å². The van der Waals surface area contributed by atoms with E-state index in [0.717, 1.165) is 0 Å². The summed E-state index contributed by atoms with van der Waals surface area (Å²) in [5.74, 6) is -0.207. The highest BCUT2D eigenvalue weighted by Crippen LogP contribution is 2.29. The van der Waals surface area contributed by atoms with Gasteiger partial charge in [-0.05, 0) is 13.0 Å². The third-order valence-electron chi connectivity index (χ3n) is 2.12. The van der Waals surface area contributed by atoms with Gasteiger partial charge in [-0.15, -0.1) is 0 Å². The van der Waals surface area contributed by atoms with Gasteiger partial charge < -0.3 is 9.64 Å². The van der Waals surface area contributed by atoms with E-state index in [1.54, 1.807) is 13.0 Å². The molecule has 1 aromatic rings. The highest BCUT2D eigenvalue weighted by molar-refractivity contribution is 6.00. The second kappa shape index (κ2) is 5.29. The van der Waals surface area contributed by atoms with Crippen LogP contribution in [0.2, 0.25) is 0 Å². The summed E-state index contributed by atoms with van der Waals surface area (Å²) in [6.45, 7) is 2.09. The standard InChI is InChI=1S/C11H14N2O4/c1-4-17-9-7-5-6-8(13(15)16)10(9)11(14)12(2)3/h5-7H,4H2,1-3H3. The predicted molar refractivity (Wildman–Crippen MR) is 62.3 cm³/mol. The molecule has 6 nitrogen and oxygen atoms in total. The van der Waals surface area contributed by atoms with Crippen LogP contribution in [0.5, 0.6) is 5.75 Å². The first-order valence-corrected chi connectivity index (χ1v) is 5.10. The Morgan fingerprint density at radius 1 is 1.47 bits per heavy atom. The van der Waals surface area contributed by atoms with Crippen molar-refractivity contribution < 1.29 is 14.5 Å². The van der Waals surface area contributed by atoms with E-state index in [4.69, 9.17) is 4.74 Å². The van der Waals surface area contributed by atoms with E-state index in [1.165, 1.54) is 31.1 Å². The number of nitro groups is 1. The molecular weight excluding hydrogens is 224 g/mol. The largest absolute Gasteiger partial charge is 0.493 e. The highest BCUT2D eigenvalue weighted by atomic mass is 16.6. The van der Waals surface area contributed by atoms with E-state index in [2.05, 4.69) is 0 Å². The maximum Gasteiger partial charge on any atom is 0.285 e. The van der Waals surface area contributed by atoms with Crippen LogP contribution in [0.3, 0.4) is 0 Å². The van der Waals surface area contributed by atoms with Crippen molar-refractivity contribution in [1.29, 1.82) is 0 Å². The van der Waals surface area contributed by atoms with Gasteiger partial charge in [0.05, 0.1) is 11.5 Å². The van der Waals surface area contributed by atoms with Crippen molar-refractivity contribution in [1.82, 2.24) is 4.90 Å². The minimum absolute atomic E-state index is 0.00986. The molecule has 0 aromatic heterocycles. The highest BCUT2D eigenvalue weighted by Gasteiger charge is 2.26. The first-order valence-electron chi connectivity index (χ1n) is 5.10. The van der Waals surface area contributed by atoms with Gasteiger partial charge in [-0.25, -0.2) is 0 Å². The van der Waals surface area contributed by atoms with Gasteiger partial charge >= 0.3 is 0 Å². The van der Waals surface area contributed by atoms with E-state index in [9.17, 15) is 14.9 Å². The van der Waals surface area contributed by atoms with Crippen molar-refractivity contribution in [2.24, 2.45) is 0 Å². The summed E-state index contributed by atoms with van der Waals surface area (Å²) in [5, 5.41) is 10.9. The average molecular weight is 238 g/mol. The number of hydrogen-bond donors (Lipinski definition) is 0. The zero-order valence-electron chi connectivity index (χ0n) is 9.97. The molecule has 6 heteroatoms. The summed E-state index contributed by atoms with van der Waals surface area (Å²) in [6, 6.07) is 4.34. The Labute approximate surface area is 98.9 Å². The Morgan fingerprint density at radius 3 is 2.59 bits per heavy atom. The molecule has 0 aliphatic heterocycles. The smallest absolute Gasteiger partial charge is 0.285 e. The second-order valence-electron chi connectivity index (χ2n) is 3.54. The number of nitrogens with zero attached hydrogens (tertiary/aromatic N) is 2. The SMILES string of the molecule is CCOc1cccc([N+](=O)[O-])c1C(=O)N(C)C. The predicted octanol–water partition coefficient (Wildman–Crippen LogP) is 1.70. The number of benzene rings is 1. The summed E-state index contributed by atoms with van der Waals surface area (Å²) in [6.07, 6.45) is 0. The first kappa shape index (κ1) is 13.0. The quantitative estimate of drug-likeness (QED) is 0.591. The lowest BCUT2D eigenvalue weighted by molar-refractivity contribution is -0.385. The zero-order chi connectivity index (χ0) is 13.0. The molecule has 17 heavy (non-hydrogen) atoms. The summed E-state index contributed by atoms with van der Waals surface area (Å²) < 4.78 is 5.25. The number of carbonyl (C=O) groups is 1. The number of amides is 1. The molecule has 0 saturated carbocycles. The summed E-state index contributed by atoms with van der Waals surface area (Å²) >= 11 is 0. The van der Waals surface area contributed by atoms with Crippen molar-refractivity contribution in [3.8, 4) is 5.75 Å². The van der Waals surface area contributed by atoms with E-state index in [-0.39, 0.29) is 17.0 Å². The first-order chi connectivity index (χ1) is 7.99. The molecule has 92 valence electrons. The third kappa shape index (κ3) is 2.72. The van der Waals surface area contributed by atoms with Crippen molar-refractivity contribution in [2.45, 2.75) is 6.92 Å². The number of rotatable bonds is 4. The van der Waals surface area contributed by atoms with E-state index < -0.39 is 10.8 Å². The van der Waals surface area contributed by atoms with Gasteiger partial charge in [-0.1, -0.05) is 6.07 Å². The van der Waals surface area contributed by atoms with E-state index >= 15 is 0 Å². The Bertz CT molecular complexity index is 443. The van der Waals surface area contributed by atoms with Crippen LogP contribution in [-0.2, 0) is 0 Å². The third-order valence-corrected chi connectivity index (χ3v) is 2.12. The van der Waals surface area contributed by atoms with Crippen LogP contribution in [0.15, 0.2) is 18.2 Å². The second-order valence-corrected chi connectivity index (χ2v) is 3.54. The lowest BCUT2D eigenvalue weighted by Gasteiger charge is -2.14. The van der Waals surface area contributed by atoms with Crippen molar-refractivity contribution in [2.75, 3.05) is 20.7 Å². The zero-order valence-corrected chi connectivity index (χ0v) is 9.97. The van der Waals surface area contributed by atoms with Crippen LogP contribution in [0.1, 0.15) is 17.3 Å². The van der Waals surface area contributed by atoms with Gasteiger partial charge in [-0.2, -0.15) is 0 Å². The lowest BCUT2D eigenvalue weighted by Crippen LogP contribution is -2.23. The van der Waals surface area contributed by atoms with Crippen LogP contribution < -0.4 is 4.74 Å². The van der Waals surface area contributed by atoms with Crippen LogP contribution >= 0.6 is 0 Å². The van der Waals surface area contributed by atoms with Crippen LogP contribution in [0.4, 0.5) is 5.69 Å². The van der Waals surface area contributed by atoms with E-state index in [1.807, 2.05) is 0 Å². The molecule has 0 spiro atoms. The maximum atomic E-state index is 11.9. The molecule has 0 atom stereocenters. The fraction of sp³-hybridized carbons (Fsp3) is 0.364. The number of ether oxygens (including phenoxy) is 1. The molecule has 0 radical (unpaired) electrons. The van der Waals surface area contributed by atoms with Crippen molar-refractivity contribution in [3.63, 3.8) is 0 Å². The molecular formula is C11H14N2O4. The van der Waals surface area contributed by atoms with Gasteiger partial charge in [0.15, 0.2) is 5.56 Å². The molecule has 0 saturated heterocycles. The summed E-state index contributed by atoms with van der Waals surface area (Å²) in [4.78, 5) is 23.5. The minimum Gasteiger partial charge on any atom is -0.493 e. The van der Waals surface area contributed by atoms with Gasteiger partial charge in [0.2, 0.25) is 0 Å². The van der Waals surface area contributed by atoms with Crippen molar-refractivity contribution in [3.05, 3.63) is 33.9 Å². The molecule has 0 aliphatic carbocycles. The molecule has 1 amide bonds. The fourth-order valence-electron chi connectivity index (χ4n) is 1.39. The normalized spacial score (nSPS) is 9.82. The summed E-state index contributed by atoms with van der Waals surface area (Å²) in [7, 11) is 3.07. The Hall–Kier alpha value is -2.11. The molecule has 0 bridgehead atoms. The van der Waals surface area contributed by atoms with Gasteiger partial charge in [-0.3, -0.25) is 14.9 Å². The summed E-state index contributed by atoms with van der Waals surface area (Å²) in [5.41, 5.74) is -0.251. The van der Waals surface area contributed by atoms with Crippen molar-refractivity contribution >= 4 is 11.6 Å². The monoisotopic (exact) mass is 238 g/mol. The number of nitro benzene ring substituents is 1. The minimum atomic E-state index is -0.584. The molecule has 0 aliphatic rings. The van der Waals surface area contributed by atoms with Gasteiger partial charge in [0.25, 0.3) is 11.6 Å². The molecule has 1 rings (SSSR count). The molecule has 0 fully saturated rings. The molecule has 0 heterocycles.